The molecule has 2 N–H and O–H groups in total. The number of carbonyl (C=O) groups is 1. The predicted molar refractivity (Wildman–Crippen MR) is 58.2 cm³/mol. The van der Waals surface area contributed by atoms with Crippen LogP contribution in [-0.2, 0) is 4.79 Å². The van der Waals surface area contributed by atoms with Gasteiger partial charge in [0.15, 0.2) is 0 Å². The van der Waals surface area contributed by atoms with Crippen LogP contribution in [0.5, 0.6) is 0 Å². The fraction of sp³-hybridized carbons (Fsp3) is 0.600. The lowest BCUT2D eigenvalue weighted by atomic mass is 9.99. The highest BCUT2D eigenvalue weighted by molar-refractivity contribution is 7.09. The average Bonchev–Trinajstić information content (AvgIpc) is 2.64. The summed E-state index contributed by atoms with van der Waals surface area (Å²) in [6.07, 6.45) is 5.47. The third-order valence-corrected chi connectivity index (χ3v) is 3.09. The summed E-state index contributed by atoms with van der Waals surface area (Å²) in [4.78, 5) is 15.1. The van der Waals surface area contributed by atoms with E-state index in [2.05, 4.69) is 11.9 Å². The van der Waals surface area contributed by atoms with E-state index in [1.54, 1.807) is 17.5 Å². The van der Waals surface area contributed by atoms with Gasteiger partial charge < -0.3 is 5.73 Å². The van der Waals surface area contributed by atoms with Crippen molar-refractivity contribution in [3.63, 3.8) is 0 Å². The van der Waals surface area contributed by atoms with E-state index in [1.807, 2.05) is 5.38 Å². The van der Waals surface area contributed by atoms with Crippen LogP contribution in [-0.4, -0.2) is 10.9 Å². The Balaban J connectivity index is 2.57. The Morgan fingerprint density at radius 3 is 3.00 bits per heavy atom. The van der Waals surface area contributed by atoms with Gasteiger partial charge in [-0.05, 0) is 6.42 Å². The lowest BCUT2D eigenvalue weighted by Crippen LogP contribution is -2.15. The molecule has 0 saturated carbocycles. The Kier molecular flexibility index (Phi) is 4.59. The van der Waals surface area contributed by atoms with Crippen molar-refractivity contribution in [2.24, 2.45) is 5.73 Å². The van der Waals surface area contributed by atoms with Gasteiger partial charge in [0.2, 0.25) is 5.91 Å². The zero-order chi connectivity index (χ0) is 10.4. The Morgan fingerprint density at radius 2 is 2.50 bits per heavy atom. The number of nitrogens with two attached hydrogens (primary N) is 1. The average molecular weight is 212 g/mol. The summed E-state index contributed by atoms with van der Waals surface area (Å²) in [7, 11) is 0. The molecule has 0 radical (unpaired) electrons. The summed E-state index contributed by atoms with van der Waals surface area (Å²) in [5.74, 6) is -0.00578. The van der Waals surface area contributed by atoms with Gasteiger partial charge in [-0.25, -0.2) is 4.98 Å². The van der Waals surface area contributed by atoms with Gasteiger partial charge in [0, 0.05) is 23.9 Å². The molecule has 0 bridgehead atoms. The van der Waals surface area contributed by atoms with E-state index in [9.17, 15) is 4.79 Å². The van der Waals surface area contributed by atoms with Crippen LogP contribution in [0, 0.1) is 0 Å². The lowest BCUT2D eigenvalue weighted by molar-refractivity contribution is -0.118. The maximum absolute atomic E-state index is 10.9. The smallest absolute Gasteiger partial charge is 0.218 e. The van der Waals surface area contributed by atoms with E-state index in [-0.39, 0.29) is 11.8 Å². The van der Waals surface area contributed by atoms with Gasteiger partial charge in [-0.1, -0.05) is 19.8 Å². The monoisotopic (exact) mass is 212 g/mol. The van der Waals surface area contributed by atoms with Crippen molar-refractivity contribution in [3.8, 4) is 0 Å². The van der Waals surface area contributed by atoms with Crippen LogP contribution in [0.3, 0.4) is 0 Å². The van der Waals surface area contributed by atoms with Gasteiger partial charge in [-0.2, -0.15) is 0 Å². The Labute approximate surface area is 88.3 Å². The first kappa shape index (κ1) is 11.2. The molecule has 1 aromatic rings. The summed E-state index contributed by atoms with van der Waals surface area (Å²) in [6, 6.07) is 0. The van der Waals surface area contributed by atoms with Crippen LogP contribution >= 0.6 is 11.3 Å². The van der Waals surface area contributed by atoms with Crippen molar-refractivity contribution in [1.29, 1.82) is 0 Å². The molecule has 0 aromatic carbocycles. The summed E-state index contributed by atoms with van der Waals surface area (Å²) >= 11 is 1.60. The highest BCUT2D eigenvalue weighted by Crippen LogP contribution is 2.26. The van der Waals surface area contributed by atoms with Crippen molar-refractivity contribution in [1.82, 2.24) is 4.98 Å². The van der Waals surface area contributed by atoms with E-state index >= 15 is 0 Å². The highest BCUT2D eigenvalue weighted by atomic mass is 32.1. The topological polar surface area (TPSA) is 56.0 Å². The minimum atomic E-state index is -0.235. The molecule has 1 rings (SSSR count). The number of hydrogen-bond acceptors (Lipinski definition) is 3. The van der Waals surface area contributed by atoms with Crippen LogP contribution in [0.25, 0.3) is 0 Å². The van der Waals surface area contributed by atoms with Gasteiger partial charge in [-0.15, -0.1) is 11.3 Å². The predicted octanol–water partition coefficient (Wildman–Crippen LogP) is 2.29. The zero-order valence-electron chi connectivity index (χ0n) is 8.40. The van der Waals surface area contributed by atoms with E-state index in [1.165, 1.54) is 0 Å². The van der Waals surface area contributed by atoms with Crippen molar-refractivity contribution < 1.29 is 4.79 Å². The third-order valence-electron chi connectivity index (χ3n) is 2.15. The molecular formula is C10H16N2OS. The SMILES string of the molecule is CCCCC(CC(N)=O)c1nccs1. The molecule has 0 aliphatic heterocycles. The standard InChI is InChI=1S/C10H16N2OS/c1-2-3-4-8(7-9(11)13)10-12-5-6-14-10/h5-6,8H,2-4,7H2,1H3,(H2,11,13). The second-order valence-electron chi connectivity index (χ2n) is 3.38. The molecule has 4 heteroatoms. The van der Waals surface area contributed by atoms with Crippen molar-refractivity contribution in [2.75, 3.05) is 0 Å². The molecule has 1 aromatic heterocycles. The molecule has 0 aliphatic carbocycles. The number of aromatic nitrogens is 1. The van der Waals surface area contributed by atoms with Crippen molar-refractivity contribution >= 4 is 17.2 Å². The molecule has 0 fully saturated rings. The van der Waals surface area contributed by atoms with Gasteiger partial charge in [0.05, 0.1) is 5.01 Å². The molecule has 14 heavy (non-hydrogen) atoms. The first-order valence-corrected chi connectivity index (χ1v) is 5.79. The molecule has 0 aliphatic rings. The molecule has 1 unspecified atom stereocenters. The van der Waals surface area contributed by atoms with Gasteiger partial charge in [-0.3, -0.25) is 4.79 Å². The maximum Gasteiger partial charge on any atom is 0.218 e. The normalized spacial score (nSPS) is 12.6. The maximum atomic E-state index is 10.9. The number of nitrogens with zero attached hydrogens (tertiary/aromatic N) is 1. The van der Waals surface area contributed by atoms with Crippen molar-refractivity contribution in [2.45, 2.75) is 38.5 Å². The molecule has 1 atom stereocenters. The van der Waals surface area contributed by atoms with Gasteiger partial charge in [0.1, 0.15) is 0 Å². The van der Waals surface area contributed by atoms with Crippen LogP contribution in [0.4, 0.5) is 0 Å². The van der Waals surface area contributed by atoms with Crippen molar-refractivity contribution in [3.05, 3.63) is 16.6 Å². The molecule has 1 heterocycles. The van der Waals surface area contributed by atoms with E-state index < -0.39 is 0 Å². The second-order valence-corrected chi connectivity index (χ2v) is 4.31. The minimum Gasteiger partial charge on any atom is -0.370 e. The van der Waals surface area contributed by atoms with Crippen LogP contribution in [0.2, 0.25) is 0 Å². The number of hydrogen-bond donors (Lipinski definition) is 1. The van der Waals surface area contributed by atoms with E-state index in [0.29, 0.717) is 6.42 Å². The molecule has 3 nitrogen and oxygen atoms in total. The molecular weight excluding hydrogens is 196 g/mol. The quantitative estimate of drug-likeness (QED) is 0.786. The summed E-state index contributed by atoms with van der Waals surface area (Å²) in [6.45, 7) is 2.14. The molecule has 0 saturated heterocycles. The van der Waals surface area contributed by atoms with Crippen LogP contribution in [0.15, 0.2) is 11.6 Å². The zero-order valence-corrected chi connectivity index (χ0v) is 9.22. The minimum absolute atomic E-state index is 0.229. The van der Waals surface area contributed by atoms with E-state index in [0.717, 1.165) is 24.3 Å². The Morgan fingerprint density at radius 1 is 1.71 bits per heavy atom. The fourth-order valence-corrected chi connectivity index (χ4v) is 2.22. The number of primary amides is 1. The fourth-order valence-electron chi connectivity index (χ4n) is 1.44. The highest BCUT2D eigenvalue weighted by Gasteiger charge is 2.15. The first-order valence-electron chi connectivity index (χ1n) is 4.91. The number of thiazole rings is 1. The van der Waals surface area contributed by atoms with Crippen LogP contribution < -0.4 is 5.73 Å². The molecule has 78 valence electrons. The molecule has 1 amide bonds. The first-order chi connectivity index (χ1) is 6.74. The van der Waals surface area contributed by atoms with Gasteiger partial charge >= 0.3 is 0 Å². The Hall–Kier alpha value is -0.900. The summed E-state index contributed by atoms with van der Waals surface area (Å²) in [5, 5.41) is 2.98. The third kappa shape index (κ3) is 3.46. The van der Waals surface area contributed by atoms with Crippen LogP contribution in [0.1, 0.15) is 43.5 Å². The number of unbranched alkanes of at least 4 members (excludes halogenated alkanes) is 1. The summed E-state index contributed by atoms with van der Waals surface area (Å²) in [5.41, 5.74) is 5.21. The van der Waals surface area contributed by atoms with E-state index in [4.69, 9.17) is 5.73 Å². The molecule has 0 spiro atoms. The lowest BCUT2D eigenvalue weighted by Gasteiger charge is -2.11. The number of amides is 1. The second kappa shape index (κ2) is 5.75. The Bertz CT molecular complexity index is 272. The largest absolute Gasteiger partial charge is 0.370 e. The summed E-state index contributed by atoms with van der Waals surface area (Å²) < 4.78 is 0. The number of rotatable bonds is 6. The van der Waals surface area contributed by atoms with Gasteiger partial charge in [0.25, 0.3) is 0 Å². The number of carbonyl (C=O) groups excluding carboxylic acids is 1.